The van der Waals surface area contributed by atoms with Gasteiger partial charge in [0.05, 0.1) is 4.90 Å². The molecule has 0 aliphatic carbocycles. The standard InChI is InChI=1S/C11H10O3S/c1-3-7-15(13,14)11-6-4-5-10(8-11)9(2)12/h1,4-6,8H,7H2,2H3. The summed E-state index contributed by atoms with van der Waals surface area (Å²) in [6, 6.07) is 5.87. The SMILES string of the molecule is C#CCS(=O)(=O)c1cccc(C(C)=O)c1. The Balaban J connectivity index is 3.24. The summed E-state index contributed by atoms with van der Waals surface area (Å²) in [6.07, 6.45) is 4.95. The number of ketones is 1. The van der Waals surface area contributed by atoms with E-state index in [-0.39, 0.29) is 16.4 Å². The van der Waals surface area contributed by atoms with Crippen LogP contribution in [0, 0.1) is 12.3 Å². The van der Waals surface area contributed by atoms with Crippen LogP contribution in [0.2, 0.25) is 0 Å². The largest absolute Gasteiger partial charge is 0.295 e. The fourth-order valence-corrected chi connectivity index (χ4v) is 2.08. The third-order valence-electron chi connectivity index (χ3n) is 1.87. The zero-order valence-corrected chi connectivity index (χ0v) is 9.04. The van der Waals surface area contributed by atoms with Crippen molar-refractivity contribution in [2.24, 2.45) is 0 Å². The van der Waals surface area contributed by atoms with Crippen LogP contribution in [0.5, 0.6) is 0 Å². The maximum atomic E-state index is 11.6. The Morgan fingerprint density at radius 2 is 2.13 bits per heavy atom. The van der Waals surface area contributed by atoms with Crippen molar-refractivity contribution < 1.29 is 13.2 Å². The van der Waals surface area contributed by atoms with Crippen molar-refractivity contribution in [1.82, 2.24) is 0 Å². The molecule has 0 spiro atoms. The molecule has 0 unspecified atom stereocenters. The van der Waals surface area contributed by atoms with Gasteiger partial charge < -0.3 is 0 Å². The van der Waals surface area contributed by atoms with Crippen LogP contribution in [-0.4, -0.2) is 20.0 Å². The van der Waals surface area contributed by atoms with Crippen molar-refractivity contribution in [3.05, 3.63) is 29.8 Å². The molecule has 0 fully saturated rings. The van der Waals surface area contributed by atoms with Gasteiger partial charge in [-0.15, -0.1) is 6.42 Å². The number of hydrogen-bond acceptors (Lipinski definition) is 3. The highest BCUT2D eigenvalue weighted by Crippen LogP contribution is 2.13. The second-order valence-corrected chi connectivity index (χ2v) is 5.04. The first-order chi connectivity index (χ1) is 6.97. The number of hydrogen-bond donors (Lipinski definition) is 0. The lowest BCUT2D eigenvalue weighted by Gasteiger charge is -2.02. The number of rotatable bonds is 3. The fraction of sp³-hybridized carbons (Fsp3) is 0.182. The van der Waals surface area contributed by atoms with E-state index in [1.807, 2.05) is 0 Å². The van der Waals surface area contributed by atoms with Gasteiger partial charge in [0.25, 0.3) is 0 Å². The minimum absolute atomic E-state index is 0.0909. The number of carbonyl (C=O) groups excluding carboxylic acids is 1. The Labute approximate surface area is 89.0 Å². The monoisotopic (exact) mass is 222 g/mol. The van der Waals surface area contributed by atoms with E-state index in [0.29, 0.717) is 5.56 Å². The highest BCUT2D eigenvalue weighted by atomic mass is 32.2. The van der Waals surface area contributed by atoms with E-state index in [1.54, 1.807) is 6.07 Å². The Morgan fingerprint density at radius 3 is 2.67 bits per heavy atom. The normalized spacial score (nSPS) is 10.7. The van der Waals surface area contributed by atoms with Gasteiger partial charge in [-0.3, -0.25) is 4.79 Å². The molecule has 0 saturated carbocycles. The highest BCUT2D eigenvalue weighted by molar-refractivity contribution is 7.91. The number of terminal acetylenes is 1. The Bertz CT molecular complexity index is 521. The summed E-state index contributed by atoms with van der Waals surface area (Å²) in [5.41, 5.74) is 0.369. The molecule has 1 rings (SSSR count). The summed E-state index contributed by atoms with van der Waals surface area (Å²) in [5, 5.41) is 0. The molecule has 1 aromatic rings. The van der Waals surface area contributed by atoms with Crippen LogP contribution in [0.1, 0.15) is 17.3 Å². The first-order valence-electron chi connectivity index (χ1n) is 4.24. The van der Waals surface area contributed by atoms with Crippen LogP contribution >= 0.6 is 0 Å². The number of carbonyl (C=O) groups is 1. The molecule has 1 aromatic carbocycles. The molecule has 0 amide bonds. The van der Waals surface area contributed by atoms with E-state index in [2.05, 4.69) is 5.92 Å². The van der Waals surface area contributed by atoms with Crippen LogP contribution in [0.25, 0.3) is 0 Å². The van der Waals surface area contributed by atoms with Gasteiger partial charge in [0, 0.05) is 5.56 Å². The van der Waals surface area contributed by atoms with E-state index in [4.69, 9.17) is 6.42 Å². The Hall–Kier alpha value is -1.60. The summed E-state index contributed by atoms with van der Waals surface area (Å²) < 4.78 is 23.1. The van der Waals surface area contributed by atoms with Gasteiger partial charge in [0.2, 0.25) is 0 Å². The summed E-state index contributed by atoms with van der Waals surface area (Å²) in [7, 11) is -3.45. The van der Waals surface area contributed by atoms with Crippen LogP contribution in [-0.2, 0) is 9.84 Å². The zero-order chi connectivity index (χ0) is 11.5. The van der Waals surface area contributed by atoms with Crippen molar-refractivity contribution in [2.75, 3.05) is 5.75 Å². The summed E-state index contributed by atoms with van der Waals surface area (Å²) in [6.45, 7) is 1.38. The van der Waals surface area contributed by atoms with E-state index in [1.165, 1.54) is 25.1 Å². The van der Waals surface area contributed by atoms with Crippen molar-refractivity contribution in [1.29, 1.82) is 0 Å². The first kappa shape index (κ1) is 11.5. The van der Waals surface area contributed by atoms with E-state index >= 15 is 0 Å². The molecule has 0 aromatic heterocycles. The van der Waals surface area contributed by atoms with Gasteiger partial charge in [-0.25, -0.2) is 8.42 Å². The molecule has 0 saturated heterocycles. The summed E-state index contributed by atoms with van der Waals surface area (Å²) >= 11 is 0. The summed E-state index contributed by atoms with van der Waals surface area (Å²) in [5.74, 6) is 1.56. The van der Waals surface area contributed by atoms with Crippen molar-refractivity contribution in [3.63, 3.8) is 0 Å². The van der Waals surface area contributed by atoms with E-state index in [0.717, 1.165) is 0 Å². The van der Waals surface area contributed by atoms with Gasteiger partial charge in [0.1, 0.15) is 5.75 Å². The van der Waals surface area contributed by atoms with Crippen LogP contribution < -0.4 is 0 Å². The molecule has 0 aliphatic rings. The molecule has 3 nitrogen and oxygen atoms in total. The number of benzene rings is 1. The maximum Gasteiger partial charge on any atom is 0.189 e. The molecule has 78 valence electrons. The number of Topliss-reactive ketones (excluding diaryl/α,β-unsaturated/α-hetero) is 1. The molecular formula is C11H10O3S. The second-order valence-electron chi connectivity index (χ2n) is 3.05. The molecule has 15 heavy (non-hydrogen) atoms. The quantitative estimate of drug-likeness (QED) is 0.572. The predicted octanol–water partition coefficient (Wildman–Crippen LogP) is 1.30. The van der Waals surface area contributed by atoms with Crippen LogP contribution in [0.15, 0.2) is 29.2 Å². The molecule has 0 atom stereocenters. The van der Waals surface area contributed by atoms with E-state index < -0.39 is 9.84 Å². The van der Waals surface area contributed by atoms with Crippen molar-refractivity contribution >= 4 is 15.6 Å². The lowest BCUT2D eigenvalue weighted by atomic mass is 10.2. The molecule has 0 N–H and O–H groups in total. The first-order valence-corrected chi connectivity index (χ1v) is 5.90. The van der Waals surface area contributed by atoms with Gasteiger partial charge in [0.15, 0.2) is 15.6 Å². The Morgan fingerprint density at radius 1 is 1.47 bits per heavy atom. The minimum atomic E-state index is -3.45. The number of sulfone groups is 1. The van der Waals surface area contributed by atoms with Gasteiger partial charge >= 0.3 is 0 Å². The van der Waals surface area contributed by atoms with Gasteiger partial charge in [-0.2, -0.15) is 0 Å². The molecule has 0 heterocycles. The topological polar surface area (TPSA) is 51.2 Å². The van der Waals surface area contributed by atoms with Crippen LogP contribution in [0.4, 0.5) is 0 Å². The zero-order valence-electron chi connectivity index (χ0n) is 8.23. The van der Waals surface area contributed by atoms with Crippen LogP contribution in [0.3, 0.4) is 0 Å². The third-order valence-corrected chi connectivity index (χ3v) is 3.39. The second kappa shape index (κ2) is 4.28. The average molecular weight is 222 g/mol. The molecule has 0 aliphatic heterocycles. The highest BCUT2D eigenvalue weighted by Gasteiger charge is 2.13. The van der Waals surface area contributed by atoms with Crippen molar-refractivity contribution in [3.8, 4) is 12.3 Å². The summed E-state index contributed by atoms with van der Waals surface area (Å²) in [4.78, 5) is 11.1. The lowest BCUT2D eigenvalue weighted by Crippen LogP contribution is -2.06. The Kier molecular flexibility index (Phi) is 3.28. The lowest BCUT2D eigenvalue weighted by molar-refractivity contribution is 0.101. The van der Waals surface area contributed by atoms with Gasteiger partial charge in [-0.1, -0.05) is 18.1 Å². The van der Waals surface area contributed by atoms with Crippen molar-refractivity contribution in [2.45, 2.75) is 11.8 Å². The smallest absolute Gasteiger partial charge is 0.189 e. The molecule has 0 bridgehead atoms. The van der Waals surface area contributed by atoms with Gasteiger partial charge in [-0.05, 0) is 19.1 Å². The maximum absolute atomic E-state index is 11.6. The van der Waals surface area contributed by atoms with E-state index in [9.17, 15) is 13.2 Å². The third kappa shape index (κ3) is 2.67. The average Bonchev–Trinajstić information content (AvgIpc) is 2.18. The molecule has 0 radical (unpaired) electrons. The fourth-order valence-electron chi connectivity index (χ4n) is 1.10. The molecular weight excluding hydrogens is 212 g/mol. The predicted molar refractivity (Wildman–Crippen MR) is 57.3 cm³/mol. The minimum Gasteiger partial charge on any atom is -0.295 e. The molecule has 4 heteroatoms.